The van der Waals surface area contributed by atoms with Crippen LogP contribution in [0.5, 0.6) is 0 Å². The van der Waals surface area contributed by atoms with Crippen molar-refractivity contribution >= 4 is 101 Å². The van der Waals surface area contributed by atoms with Gasteiger partial charge in [0.05, 0.1) is 5.69 Å². The number of fused-ring (bicyclic) bond motifs is 10. The lowest BCUT2D eigenvalue weighted by Gasteiger charge is -2.45. The fourth-order valence-corrected chi connectivity index (χ4v) is 10.6. The fraction of sp³-hybridized carbons (Fsp3) is 0.200. The molecular weight excluding hydrogens is 791 g/mol. The van der Waals surface area contributed by atoms with Crippen LogP contribution in [0.2, 0.25) is 0 Å². The Bertz CT molecular complexity index is 3570. The van der Waals surface area contributed by atoms with Gasteiger partial charge in [0.25, 0.3) is 6.71 Å². The Kier molecular flexibility index (Phi) is 8.39. The molecule has 0 bridgehead atoms. The monoisotopic (exact) mass is 844 g/mol. The average Bonchev–Trinajstić information content (AvgIpc) is 3.87. The van der Waals surface area contributed by atoms with E-state index in [2.05, 4.69) is 224 Å². The molecule has 2 aliphatic heterocycles. The zero-order chi connectivity index (χ0) is 44.7. The van der Waals surface area contributed by atoms with Crippen molar-refractivity contribution in [2.45, 2.75) is 78.6 Å². The minimum absolute atomic E-state index is 0.0114. The van der Waals surface area contributed by atoms with Gasteiger partial charge in [-0.3, -0.25) is 0 Å². The highest BCUT2D eigenvalue weighted by Gasteiger charge is 2.45. The van der Waals surface area contributed by atoms with Crippen molar-refractivity contribution in [2.24, 2.45) is 0 Å². The van der Waals surface area contributed by atoms with Gasteiger partial charge in [0, 0.05) is 55.5 Å². The molecule has 2 aromatic heterocycles. The molecule has 0 fully saturated rings. The van der Waals surface area contributed by atoms with Gasteiger partial charge in [0.15, 0.2) is 5.58 Å². The Morgan fingerprint density at radius 2 is 0.923 bits per heavy atom. The summed E-state index contributed by atoms with van der Waals surface area (Å²) in [6.45, 7) is 20.9. The number of nitrogens with zero attached hydrogens (tertiary/aromatic N) is 2. The maximum atomic E-state index is 6.86. The molecule has 5 heteroatoms. The maximum absolute atomic E-state index is 6.86. The van der Waals surface area contributed by atoms with Crippen LogP contribution in [0.15, 0.2) is 167 Å². The first-order valence-electron chi connectivity index (χ1n) is 23.1. The molecule has 65 heavy (non-hydrogen) atoms. The second-order valence-electron chi connectivity index (χ2n) is 21.4. The normalized spacial score (nSPS) is 13.8. The van der Waals surface area contributed by atoms with Crippen LogP contribution in [-0.2, 0) is 16.2 Å². The van der Waals surface area contributed by atoms with Crippen LogP contribution in [0.25, 0.3) is 55.0 Å². The van der Waals surface area contributed by atoms with Gasteiger partial charge in [-0.2, -0.15) is 0 Å². The zero-order valence-electron chi connectivity index (χ0n) is 38.8. The predicted molar refractivity (Wildman–Crippen MR) is 277 cm³/mol. The fourth-order valence-electron chi connectivity index (χ4n) is 10.6. The second-order valence-corrected chi connectivity index (χ2v) is 21.4. The van der Waals surface area contributed by atoms with Crippen molar-refractivity contribution in [2.75, 3.05) is 9.80 Å². The molecule has 0 saturated carbocycles. The number of hydrogen-bond acceptors (Lipinski definition) is 4. The van der Waals surface area contributed by atoms with Crippen LogP contribution < -0.4 is 26.2 Å². The molecule has 0 N–H and O–H groups in total. The Morgan fingerprint density at radius 1 is 0.385 bits per heavy atom. The number of para-hydroxylation sites is 4. The van der Waals surface area contributed by atoms with Crippen LogP contribution in [-0.4, -0.2) is 6.71 Å². The number of hydrogen-bond donors (Lipinski definition) is 0. The van der Waals surface area contributed by atoms with E-state index in [0.29, 0.717) is 0 Å². The summed E-state index contributed by atoms with van der Waals surface area (Å²) in [4.78, 5) is 5.07. The van der Waals surface area contributed by atoms with Gasteiger partial charge in [-0.1, -0.05) is 165 Å². The van der Waals surface area contributed by atoms with Crippen molar-refractivity contribution in [3.63, 3.8) is 0 Å². The number of anilines is 6. The average molecular weight is 845 g/mol. The van der Waals surface area contributed by atoms with Gasteiger partial charge in [0.2, 0.25) is 0 Å². The molecule has 0 radical (unpaired) electrons. The minimum Gasteiger partial charge on any atom is -0.455 e. The predicted octanol–water partition coefficient (Wildman–Crippen LogP) is 15.1. The molecule has 8 aromatic carbocycles. The summed E-state index contributed by atoms with van der Waals surface area (Å²) in [5.74, 6) is 0. The molecule has 4 heterocycles. The van der Waals surface area contributed by atoms with E-state index >= 15 is 0 Å². The molecule has 0 atom stereocenters. The third-order valence-electron chi connectivity index (χ3n) is 14.1. The largest absolute Gasteiger partial charge is 0.455 e. The van der Waals surface area contributed by atoms with Crippen molar-refractivity contribution in [1.29, 1.82) is 0 Å². The molecule has 12 rings (SSSR count). The summed E-state index contributed by atoms with van der Waals surface area (Å²) in [5.41, 5.74) is 20.3. The smallest absolute Gasteiger partial charge is 0.252 e. The summed E-state index contributed by atoms with van der Waals surface area (Å²) >= 11 is 0. The van der Waals surface area contributed by atoms with Crippen molar-refractivity contribution < 1.29 is 8.83 Å². The second kappa shape index (κ2) is 13.8. The third kappa shape index (κ3) is 6.04. The zero-order valence-corrected chi connectivity index (χ0v) is 38.8. The van der Waals surface area contributed by atoms with E-state index < -0.39 is 0 Å². The Hall–Kier alpha value is -6.98. The van der Waals surface area contributed by atoms with E-state index in [1.807, 2.05) is 6.07 Å². The number of furan rings is 2. The molecule has 0 amide bonds. The maximum Gasteiger partial charge on any atom is 0.252 e. The van der Waals surface area contributed by atoms with E-state index in [1.54, 1.807) is 0 Å². The lowest BCUT2D eigenvalue weighted by atomic mass is 9.33. The molecule has 2 aliphatic rings. The molecular formula is C60H53BN2O2. The van der Waals surface area contributed by atoms with Crippen LogP contribution in [0.3, 0.4) is 0 Å². The quantitative estimate of drug-likeness (QED) is 0.166. The molecule has 10 aromatic rings. The van der Waals surface area contributed by atoms with Gasteiger partial charge in [0.1, 0.15) is 16.7 Å². The molecule has 0 unspecified atom stereocenters. The van der Waals surface area contributed by atoms with E-state index in [4.69, 9.17) is 8.83 Å². The van der Waals surface area contributed by atoms with Crippen LogP contribution in [0.4, 0.5) is 34.1 Å². The van der Waals surface area contributed by atoms with Crippen molar-refractivity contribution in [3.05, 3.63) is 174 Å². The third-order valence-corrected chi connectivity index (χ3v) is 14.1. The molecule has 4 nitrogen and oxygen atoms in total. The highest BCUT2D eigenvalue weighted by atomic mass is 16.3. The first kappa shape index (κ1) is 39.6. The summed E-state index contributed by atoms with van der Waals surface area (Å²) in [7, 11) is 0. The van der Waals surface area contributed by atoms with Crippen molar-refractivity contribution in [3.8, 4) is 11.1 Å². The molecule has 0 aliphatic carbocycles. The van der Waals surface area contributed by atoms with Crippen LogP contribution in [0.1, 0.15) is 79.0 Å². The Balaban J connectivity index is 1.15. The van der Waals surface area contributed by atoms with Gasteiger partial charge < -0.3 is 18.6 Å². The SMILES string of the molecule is CC(C)(C)c1ccc2c(c1)B1c3ccc(C(C)(C)C)cc3N(c3ccc(-c4cccc5c4oc4ccccc45)cc3)c3cc(C(C)(C)C)cc(c31)N2c1cccc2c1oc1ccccc12. The van der Waals surface area contributed by atoms with E-state index in [9.17, 15) is 0 Å². The van der Waals surface area contributed by atoms with Gasteiger partial charge >= 0.3 is 0 Å². The minimum atomic E-state index is -0.150. The van der Waals surface area contributed by atoms with Crippen molar-refractivity contribution in [1.82, 2.24) is 0 Å². The number of rotatable bonds is 3. The lowest BCUT2D eigenvalue weighted by molar-refractivity contribution is 0.589. The standard InChI is InChI=1S/C60H53BN2O2/c1-58(2,3)37-27-31-48-47(32-37)61-46-30-26-38(59(4,5)6)33-50(46)62(40-28-24-36(25-29-40)41-18-14-19-44-42-16-10-12-22-53(42)64-56(41)44)51-34-39(60(7,8)9)35-52(55(51)61)63(48)49-21-15-20-45-43-17-11-13-23-54(43)65-57(45)49/h10-35H,1-9H3. The first-order chi connectivity index (χ1) is 31.1. The van der Waals surface area contributed by atoms with E-state index in [0.717, 1.165) is 66.4 Å². The first-order valence-corrected chi connectivity index (χ1v) is 23.1. The highest BCUT2D eigenvalue weighted by Crippen LogP contribution is 2.49. The summed E-state index contributed by atoms with van der Waals surface area (Å²) in [6.07, 6.45) is 0. The summed E-state index contributed by atoms with van der Waals surface area (Å²) in [6, 6.07) is 58.5. The van der Waals surface area contributed by atoms with Gasteiger partial charge in [-0.05, 0) is 109 Å². The molecule has 0 spiro atoms. The number of benzene rings is 8. The van der Waals surface area contributed by atoms with Crippen LogP contribution >= 0.6 is 0 Å². The Labute approximate surface area is 382 Å². The van der Waals surface area contributed by atoms with E-state index in [-0.39, 0.29) is 23.0 Å². The van der Waals surface area contributed by atoms with Crippen LogP contribution in [0, 0.1) is 0 Å². The Morgan fingerprint density at radius 3 is 1.58 bits per heavy atom. The van der Waals surface area contributed by atoms with Gasteiger partial charge in [-0.25, -0.2) is 0 Å². The summed E-state index contributed by atoms with van der Waals surface area (Å²) < 4.78 is 13.4. The summed E-state index contributed by atoms with van der Waals surface area (Å²) in [5, 5.41) is 4.52. The molecule has 318 valence electrons. The lowest BCUT2D eigenvalue weighted by Crippen LogP contribution is -2.61. The van der Waals surface area contributed by atoms with Gasteiger partial charge in [-0.15, -0.1) is 0 Å². The topological polar surface area (TPSA) is 32.8 Å². The highest BCUT2D eigenvalue weighted by molar-refractivity contribution is 7.00. The van der Waals surface area contributed by atoms with E-state index in [1.165, 1.54) is 55.8 Å². The molecule has 0 saturated heterocycles.